The molecule has 35 heavy (non-hydrogen) atoms. The van der Waals surface area contributed by atoms with E-state index < -0.39 is 0 Å². The Balaban J connectivity index is 0.000000425. The summed E-state index contributed by atoms with van der Waals surface area (Å²) in [4.78, 5) is 26.8. The van der Waals surface area contributed by atoms with Crippen molar-refractivity contribution in [2.75, 3.05) is 22.9 Å². The van der Waals surface area contributed by atoms with Crippen LogP contribution in [0.5, 0.6) is 0 Å². The van der Waals surface area contributed by atoms with E-state index in [9.17, 15) is 9.59 Å². The summed E-state index contributed by atoms with van der Waals surface area (Å²) in [7, 11) is 3.59. The van der Waals surface area contributed by atoms with Crippen molar-refractivity contribution in [3.05, 3.63) is 88.3 Å². The molecule has 0 spiro atoms. The van der Waals surface area contributed by atoms with Crippen LogP contribution in [0.1, 0.15) is 58.6 Å². The highest BCUT2D eigenvalue weighted by Crippen LogP contribution is 2.30. The number of hydrogen-bond acceptors (Lipinski definition) is 5. The first kappa shape index (κ1) is 30.4. The van der Waals surface area contributed by atoms with Gasteiger partial charge in [-0.15, -0.1) is 0 Å². The van der Waals surface area contributed by atoms with Gasteiger partial charge in [-0.2, -0.15) is 0 Å². The smallest absolute Gasteiger partial charge is 0.271 e. The number of aromatic amines is 1. The first-order chi connectivity index (χ1) is 16.9. The summed E-state index contributed by atoms with van der Waals surface area (Å²) in [5.74, 6) is 1.61. The van der Waals surface area contributed by atoms with E-state index in [1.165, 1.54) is 10.5 Å². The molecule has 3 aromatic rings. The van der Waals surface area contributed by atoms with Crippen LogP contribution >= 0.6 is 21.6 Å². The lowest BCUT2D eigenvalue weighted by atomic mass is 10.0. The number of rotatable bonds is 9. The summed E-state index contributed by atoms with van der Waals surface area (Å²) in [6.07, 6.45) is 2.01. The largest absolute Gasteiger partial charge is 0.381 e. The number of nitrogens with one attached hydrogen (secondary N) is 3. The van der Waals surface area contributed by atoms with Crippen LogP contribution < -0.4 is 16.2 Å². The topological polar surface area (TPSA) is 74.0 Å². The summed E-state index contributed by atoms with van der Waals surface area (Å²) < 4.78 is 0. The average Bonchev–Trinajstić information content (AvgIpc) is 2.87. The highest BCUT2D eigenvalue weighted by Gasteiger charge is 2.05. The molecular weight excluding hydrogens is 474 g/mol. The molecule has 0 bridgehead atoms. The van der Waals surface area contributed by atoms with Crippen LogP contribution in [-0.2, 0) is 11.2 Å². The van der Waals surface area contributed by atoms with Gasteiger partial charge in [-0.1, -0.05) is 80.5 Å². The van der Waals surface area contributed by atoms with Crippen molar-refractivity contribution in [1.29, 1.82) is 0 Å². The summed E-state index contributed by atoms with van der Waals surface area (Å²) in [6, 6.07) is 19.8. The van der Waals surface area contributed by atoms with Crippen LogP contribution in [0.2, 0.25) is 0 Å². The molecule has 0 aliphatic heterocycles. The molecule has 1 heterocycles. The second-order valence-electron chi connectivity index (χ2n) is 7.58. The van der Waals surface area contributed by atoms with Crippen LogP contribution in [0.15, 0.2) is 76.6 Å². The van der Waals surface area contributed by atoms with Gasteiger partial charge in [0.15, 0.2) is 0 Å². The van der Waals surface area contributed by atoms with E-state index in [1.54, 1.807) is 29.1 Å². The molecule has 0 aliphatic rings. The molecule has 0 aliphatic carbocycles. The zero-order valence-electron chi connectivity index (χ0n) is 21.7. The van der Waals surface area contributed by atoms with Crippen molar-refractivity contribution in [3.63, 3.8) is 0 Å². The fraction of sp³-hybridized carbons (Fsp3) is 0.357. The summed E-state index contributed by atoms with van der Waals surface area (Å²) in [5, 5.41) is 5.89. The highest BCUT2D eigenvalue weighted by molar-refractivity contribution is 8.76. The Morgan fingerprint density at radius 1 is 0.971 bits per heavy atom. The SMILES string of the molecule is CC.CCNc1ccc[nH]c1=O.CCSSc1ccc(CC(=O)Nc2ccc(C(C)C)cc2)cc1. The molecule has 2 aromatic carbocycles. The number of carbonyl (C=O) groups excluding carboxylic acids is 1. The Kier molecular flexibility index (Phi) is 15.4. The summed E-state index contributed by atoms with van der Waals surface area (Å²) >= 11 is 0. The number of aromatic nitrogens is 1. The van der Waals surface area contributed by atoms with E-state index in [-0.39, 0.29) is 11.5 Å². The Morgan fingerprint density at radius 3 is 2.17 bits per heavy atom. The zero-order valence-corrected chi connectivity index (χ0v) is 23.3. The lowest BCUT2D eigenvalue weighted by Gasteiger charge is -2.09. The van der Waals surface area contributed by atoms with Crippen LogP contribution in [0.4, 0.5) is 11.4 Å². The molecule has 5 nitrogen and oxygen atoms in total. The standard InChI is InChI=1S/C19H23NOS2.C7H10N2O.C2H6/c1-4-22-23-18-11-5-15(6-12-18)13-19(21)20-17-9-7-16(8-10-17)14(2)3;1-2-8-6-4-3-5-9-7(6)10;1-2/h5-12,14H,4,13H2,1-3H3,(H,20,21);3-5,8H,2H2,1H3,(H,9,10);1-2H3. The molecule has 3 N–H and O–H groups in total. The molecule has 0 unspecified atom stereocenters. The third-order valence-electron chi connectivity index (χ3n) is 4.61. The van der Waals surface area contributed by atoms with Crippen molar-refractivity contribution in [2.24, 2.45) is 0 Å². The number of pyridine rings is 1. The Hall–Kier alpha value is -2.64. The molecule has 3 rings (SSSR count). The lowest BCUT2D eigenvalue weighted by molar-refractivity contribution is -0.115. The number of carbonyl (C=O) groups is 1. The van der Waals surface area contributed by atoms with E-state index in [0.717, 1.165) is 23.5 Å². The van der Waals surface area contributed by atoms with Gasteiger partial charge in [0.05, 0.1) is 6.42 Å². The van der Waals surface area contributed by atoms with Crippen LogP contribution in [-0.4, -0.2) is 23.2 Å². The predicted octanol–water partition coefficient (Wildman–Crippen LogP) is 7.58. The lowest BCUT2D eigenvalue weighted by Crippen LogP contribution is -2.14. The second kappa shape index (κ2) is 17.7. The Morgan fingerprint density at radius 2 is 1.63 bits per heavy atom. The minimum atomic E-state index is -0.0654. The van der Waals surface area contributed by atoms with Crippen molar-refractivity contribution in [3.8, 4) is 0 Å². The van der Waals surface area contributed by atoms with Crippen LogP contribution in [0, 0.1) is 0 Å². The zero-order chi connectivity index (χ0) is 26.1. The van der Waals surface area contributed by atoms with E-state index >= 15 is 0 Å². The minimum Gasteiger partial charge on any atom is -0.381 e. The Labute approximate surface area is 218 Å². The first-order valence-corrected chi connectivity index (χ1v) is 14.4. The van der Waals surface area contributed by atoms with Gasteiger partial charge in [-0.05, 0) is 60.4 Å². The van der Waals surface area contributed by atoms with Crippen molar-refractivity contribution >= 4 is 38.9 Å². The van der Waals surface area contributed by atoms with Gasteiger partial charge < -0.3 is 15.6 Å². The number of hydrogen-bond donors (Lipinski definition) is 3. The van der Waals surface area contributed by atoms with Crippen molar-refractivity contribution < 1.29 is 4.79 Å². The van der Waals surface area contributed by atoms with Gasteiger partial charge in [0.1, 0.15) is 5.69 Å². The maximum absolute atomic E-state index is 12.1. The molecule has 1 amide bonds. The molecule has 7 heteroatoms. The molecular formula is C28H39N3O2S2. The van der Waals surface area contributed by atoms with Gasteiger partial charge in [-0.3, -0.25) is 9.59 Å². The molecule has 1 aromatic heterocycles. The second-order valence-corrected chi connectivity index (χ2v) is 10.2. The summed E-state index contributed by atoms with van der Waals surface area (Å²) in [6.45, 7) is 13.2. The molecule has 0 saturated carbocycles. The third kappa shape index (κ3) is 12.1. The van der Waals surface area contributed by atoms with Crippen molar-refractivity contribution in [2.45, 2.75) is 58.8 Å². The number of amides is 1. The maximum Gasteiger partial charge on any atom is 0.271 e. The van der Waals surface area contributed by atoms with Crippen molar-refractivity contribution in [1.82, 2.24) is 4.98 Å². The number of benzene rings is 2. The monoisotopic (exact) mass is 513 g/mol. The van der Waals surface area contributed by atoms with Gasteiger partial charge in [0.2, 0.25) is 5.91 Å². The van der Waals surface area contributed by atoms with Gasteiger partial charge in [0, 0.05) is 29.1 Å². The number of anilines is 2. The summed E-state index contributed by atoms with van der Waals surface area (Å²) in [5.41, 5.74) is 3.73. The molecule has 0 fully saturated rings. The maximum atomic E-state index is 12.1. The van der Waals surface area contributed by atoms with E-state index in [2.05, 4.69) is 60.7 Å². The van der Waals surface area contributed by atoms with Crippen LogP contribution in [0.3, 0.4) is 0 Å². The van der Waals surface area contributed by atoms with Gasteiger partial charge >= 0.3 is 0 Å². The average molecular weight is 514 g/mol. The molecule has 0 radical (unpaired) electrons. The Bertz CT molecular complexity index is 1030. The van der Waals surface area contributed by atoms with Gasteiger partial charge in [0.25, 0.3) is 5.56 Å². The number of H-pyrrole nitrogens is 1. The quantitative estimate of drug-likeness (QED) is 0.257. The highest BCUT2D eigenvalue weighted by atomic mass is 33.1. The first-order valence-electron chi connectivity index (χ1n) is 12.1. The van der Waals surface area contributed by atoms with Crippen LogP contribution in [0.25, 0.3) is 0 Å². The fourth-order valence-corrected chi connectivity index (χ4v) is 4.48. The minimum absolute atomic E-state index is 0.0191. The molecule has 190 valence electrons. The molecule has 0 atom stereocenters. The van der Waals surface area contributed by atoms with E-state index in [1.807, 2.05) is 55.8 Å². The normalized spacial score (nSPS) is 9.91. The molecule has 0 saturated heterocycles. The third-order valence-corrected chi connectivity index (χ3v) is 7.06. The van der Waals surface area contributed by atoms with E-state index in [0.29, 0.717) is 18.0 Å². The van der Waals surface area contributed by atoms with E-state index in [4.69, 9.17) is 0 Å². The van der Waals surface area contributed by atoms with Gasteiger partial charge in [-0.25, -0.2) is 0 Å². The fourth-order valence-electron chi connectivity index (χ4n) is 2.88. The predicted molar refractivity (Wildman–Crippen MR) is 156 cm³/mol.